The number of pyridine rings is 1. The minimum atomic E-state index is -3.77. The van der Waals surface area contributed by atoms with Crippen LogP contribution in [0.25, 0.3) is 0 Å². The predicted octanol–water partition coefficient (Wildman–Crippen LogP) is 1.33. The molecule has 19 heavy (non-hydrogen) atoms. The van der Waals surface area contributed by atoms with E-state index >= 15 is 0 Å². The van der Waals surface area contributed by atoms with Crippen molar-refractivity contribution in [2.45, 2.75) is 11.8 Å². The molecule has 2 aromatic heterocycles. The molecule has 0 aliphatic carbocycles. The maximum atomic E-state index is 12.1. The smallest absolute Gasteiger partial charge is 0.266 e. The molecule has 2 heterocycles. The van der Waals surface area contributed by atoms with E-state index in [-0.39, 0.29) is 16.7 Å². The Balaban J connectivity index is 2.33. The SMILES string of the molecule is Cc1cc(Br)cnc1NS(=O)(=O)c1cnc(N)nc1. The van der Waals surface area contributed by atoms with E-state index in [2.05, 4.69) is 35.6 Å². The summed E-state index contributed by atoms with van der Waals surface area (Å²) in [5.41, 5.74) is 6.00. The van der Waals surface area contributed by atoms with Crippen LogP contribution < -0.4 is 10.5 Å². The van der Waals surface area contributed by atoms with Gasteiger partial charge in [-0.25, -0.2) is 23.4 Å². The summed E-state index contributed by atoms with van der Waals surface area (Å²) in [7, 11) is -3.77. The van der Waals surface area contributed by atoms with E-state index in [1.54, 1.807) is 13.0 Å². The predicted molar refractivity (Wildman–Crippen MR) is 73.9 cm³/mol. The number of nitrogens with zero attached hydrogens (tertiary/aromatic N) is 3. The Morgan fingerprint density at radius 3 is 2.42 bits per heavy atom. The van der Waals surface area contributed by atoms with Crippen LogP contribution in [0.2, 0.25) is 0 Å². The van der Waals surface area contributed by atoms with Crippen LogP contribution in [-0.4, -0.2) is 23.4 Å². The molecule has 0 bridgehead atoms. The molecule has 100 valence electrons. The van der Waals surface area contributed by atoms with Gasteiger partial charge in [0.2, 0.25) is 5.95 Å². The summed E-state index contributed by atoms with van der Waals surface area (Å²) in [6.07, 6.45) is 3.78. The molecule has 2 rings (SSSR count). The number of aromatic nitrogens is 3. The fourth-order valence-electron chi connectivity index (χ4n) is 1.30. The molecular formula is C10H10BrN5O2S. The Hall–Kier alpha value is -1.74. The van der Waals surface area contributed by atoms with E-state index in [1.807, 2.05) is 0 Å². The summed E-state index contributed by atoms with van der Waals surface area (Å²) >= 11 is 3.26. The first-order valence-electron chi connectivity index (χ1n) is 5.11. The van der Waals surface area contributed by atoms with Crippen LogP contribution in [0, 0.1) is 6.92 Å². The highest BCUT2D eigenvalue weighted by molar-refractivity contribution is 9.10. The van der Waals surface area contributed by atoms with Crippen molar-refractivity contribution < 1.29 is 8.42 Å². The Kier molecular flexibility index (Phi) is 3.67. The van der Waals surface area contributed by atoms with Crippen molar-refractivity contribution in [1.82, 2.24) is 15.0 Å². The first kappa shape index (κ1) is 13.7. The van der Waals surface area contributed by atoms with E-state index in [0.717, 1.165) is 16.9 Å². The molecule has 0 aromatic carbocycles. The number of halogens is 1. The van der Waals surface area contributed by atoms with E-state index in [0.29, 0.717) is 5.56 Å². The van der Waals surface area contributed by atoms with Crippen LogP contribution in [0.1, 0.15) is 5.56 Å². The standard InChI is InChI=1S/C10H10BrN5O2S/c1-6-2-7(11)3-13-9(6)16-19(17,18)8-4-14-10(12)15-5-8/h2-5H,1H3,(H,13,16)(H2,12,14,15). The molecule has 0 saturated carbocycles. The largest absolute Gasteiger partial charge is 0.368 e. The second-order valence-corrected chi connectivity index (χ2v) is 6.30. The molecule has 0 spiro atoms. The van der Waals surface area contributed by atoms with Crippen LogP contribution >= 0.6 is 15.9 Å². The van der Waals surface area contributed by atoms with Gasteiger partial charge in [-0.3, -0.25) is 4.72 Å². The first-order chi connectivity index (χ1) is 8.88. The Morgan fingerprint density at radius 2 is 1.84 bits per heavy atom. The average Bonchev–Trinajstić information content (AvgIpc) is 2.33. The maximum absolute atomic E-state index is 12.1. The van der Waals surface area contributed by atoms with Crippen LogP contribution in [0.15, 0.2) is 34.0 Å². The molecule has 7 nitrogen and oxygen atoms in total. The lowest BCUT2D eigenvalue weighted by atomic mass is 10.3. The van der Waals surface area contributed by atoms with E-state index in [9.17, 15) is 8.42 Å². The Bertz CT molecular complexity index is 702. The minimum Gasteiger partial charge on any atom is -0.368 e. The van der Waals surface area contributed by atoms with Gasteiger partial charge >= 0.3 is 0 Å². The number of nitrogens with two attached hydrogens (primary N) is 1. The van der Waals surface area contributed by atoms with Crippen molar-refractivity contribution in [2.24, 2.45) is 0 Å². The highest BCUT2D eigenvalue weighted by Gasteiger charge is 2.17. The third-order valence-electron chi connectivity index (χ3n) is 2.23. The maximum Gasteiger partial charge on any atom is 0.266 e. The second kappa shape index (κ2) is 5.10. The number of anilines is 2. The molecule has 9 heteroatoms. The van der Waals surface area contributed by atoms with Gasteiger partial charge < -0.3 is 5.73 Å². The highest BCUT2D eigenvalue weighted by atomic mass is 79.9. The normalized spacial score (nSPS) is 11.3. The number of hydrogen-bond donors (Lipinski definition) is 2. The van der Waals surface area contributed by atoms with Crippen molar-refractivity contribution >= 4 is 37.7 Å². The zero-order valence-electron chi connectivity index (χ0n) is 9.83. The number of sulfonamides is 1. The van der Waals surface area contributed by atoms with Crippen molar-refractivity contribution in [3.05, 3.63) is 34.7 Å². The summed E-state index contributed by atoms with van der Waals surface area (Å²) in [4.78, 5) is 11.2. The Labute approximate surface area is 118 Å². The van der Waals surface area contributed by atoms with Gasteiger partial charge in [-0.15, -0.1) is 0 Å². The lowest BCUT2D eigenvalue weighted by molar-refractivity contribution is 0.600. The zero-order chi connectivity index (χ0) is 14.0. The van der Waals surface area contributed by atoms with Crippen LogP contribution in [0.5, 0.6) is 0 Å². The number of nitrogen functional groups attached to an aromatic ring is 1. The zero-order valence-corrected chi connectivity index (χ0v) is 12.2. The van der Waals surface area contributed by atoms with Gasteiger partial charge in [0, 0.05) is 10.7 Å². The van der Waals surface area contributed by atoms with E-state index in [4.69, 9.17) is 5.73 Å². The van der Waals surface area contributed by atoms with Gasteiger partial charge in [-0.05, 0) is 34.5 Å². The van der Waals surface area contributed by atoms with Crippen molar-refractivity contribution in [2.75, 3.05) is 10.5 Å². The van der Waals surface area contributed by atoms with Gasteiger partial charge in [0.25, 0.3) is 10.0 Å². The lowest BCUT2D eigenvalue weighted by Crippen LogP contribution is -2.15. The molecule has 0 saturated heterocycles. The van der Waals surface area contributed by atoms with Crippen molar-refractivity contribution in [3.63, 3.8) is 0 Å². The molecule has 0 fully saturated rings. The Morgan fingerprint density at radius 1 is 1.21 bits per heavy atom. The highest BCUT2D eigenvalue weighted by Crippen LogP contribution is 2.19. The monoisotopic (exact) mass is 343 g/mol. The number of aryl methyl sites for hydroxylation is 1. The fourth-order valence-corrected chi connectivity index (χ4v) is 2.71. The van der Waals surface area contributed by atoms with Crippen molar-refractivity contribution in [3.8, 4) is 0 Å². The molecule has 0 radical (unpaired) electrons. The summed E-state index contributed by atoms with van der Waals surface area (Å²) in [6.45, 7) is 1.75. The molecule has 0 amide bonds. The van der Waals surface area contributed by atoms with Crippen LogP contribution in [0.4, 0.5) is 11.8 Å². The molecule has 2 aromatic rings. The van der Waals surface area contributed by atoms with Crippen molar-refractivity contribution in [1.29, 1.82) is 0 Å². The van der Waals surface area contributed by atoms with Crippen LogP contribution in [0.3, 0.4) is 0 Å². The lowest BCUT2D eigenvalue weighted by Gasteiger charge is -2.09. The third kappa shape index (κ3) is 3.18. The fraction of sp³-hybridized carbons (Fsp3) is 0.100. The second-order valence-electron chi connectivity index (χ2n) is 3.70. The van der Waals surface area contributed by atoms with Gasteiger partial charge in [0.1, 0.15) is 10.7 Å². The van der Waals surface area contributed by atoms with E-state index < -0.39 is 10.0 Å². The molecule has 0 aliphatic heterocycles. The third-order valence-corrected chi connectivity index (χ3v) is 3.96. The van der Waals surface area contributed by atoms with Crippen LogP contribution in [-0.2, 0) is 10.0 Å². The summed E-state index contributed by atoms with van der Waals surface area (Å²) in [5.74, 6) is 0.261. The molecule has 0 aliphatic rings. The quantitative estimate of drug-likeness (QED) is 0.869. The van der Waals surface area contributed by atoms with Gasteiger partial charge in [0.15, 0.2) is 0 Å². The summed E-state index contributed by atoms with van der Waals surface area (Å²) in [5, 5.41) is 0. The number of rotatable bonds is 3. The number of nitrogens with one attached hydrogen (secondary N) is 1. The first-order valence-corrected chi connectivity index (χ1v) is 7.38. The van der Waals surface area contributed by atoms with Gasteiger partial charge in [0.05, 0.1) is 12.4 Å². The van der Waals surface area contributed by atoms with Gasteiger partial charge in [-0.2, -0.15) is 0 Å². The molecule has 0 atom stereocenters. The molecule has 0 unspecified atom stereocenters. The number of hydrogen-bond acceptors (Lipinski definition) is 6. The molecular weight excluding hydrogens is 334 g/mol. The average molecular weight is 344 g/mol. The molecule has 3 N–H and O–H groups in total. The topological polar surface area (TPSA) is 111 Å². The van der Waals surface area contributed by atoms with Gasteiger partial charge in [-0.1, -0.05) is 0 Å². The minimum absolute atomic E-state index is 0.0110. The summed E-state index contributed by atoms with van der Waals surface area (Å²) < 4.78 is 27.3. The van der Waals surface area contributed by atoms with E-state index in [1.165, 1.54) is 6.20 Å². The summed E-state index contributed by atoms with van der Waals surface area (Å²) in [6, 6.07) is 1.75.